The largest absolute Gasteiger partial charge is 0.325 e. The maximum Gasteiger partial charge on any atom is 0.325 e. The van der Waals surface area contributed by atoms with Gasteiger partial charge < -0.3 is 10.2 Å². The second kappa shape index (κ2) is 5.92. The minimum atomic E-state index is -0.902. The van der Waals surface area contributed by atoms with Crippen LogP contribution >= 0.6 is 0 Å². The molecule has 4 amide bonds. The minimum Gasteiger partial charge on any atom is -0.323 e. The van der Waals surface area contributed by atoms with Crippen molar-refractivity contribution >= 4 is 23.5 Å². The van der Waals surface area contributed by atoms with E-state index in [4.69, 9.17) is 0 Å². The fourth-order valence-corrected chi connectivity index (χ4v) is 3.72. The van der Waals surface area contributed by atoms with Crippen LogP contribution in [-0.2, 0) is 16.0 Å². The molecular weight excluding hydrogens is 306 g/mol. The molecule has 0 radical (unpaired) electrons. The Labute approximate surface area is 141 Å². The van der Waals surface area contributed by atoms with Crippen molar-refractivity contribution in [3.05, 3.63) is 29.8 Å². The van der Waals surface area contributed by atoms with Crippen LogP contribution in [0.3, 0.4) is 0 Å². The lowest BCUT2D eigenvalue weighted by atomic mass is 9.96. The minimum absolute atomic E-state index is 0.0256. The average molecular weight is 329 g/mol. The summed E-state index contributed by atoms with van der Waals surface area (Å²) in [6.45, 7) is 5.43. The van der Waals surface area contributed by atoms with Gasteiger partial charge in [0, 0.05) is 11.7 Å². The molecule has 2 aliphatic heterocycles. The van der Waals surface area contributed by atoms with Crippen LogP contribution in [0.1, 0.15) is 39.2 Å². The molecule has 2 atom stereocenters. The van der Waals surface area contributed by atoms with E-state index in [1.807, 2.05) is 38.1 Å². The Morgan fingerprint density at radius 1 is 1.33 bits per heavy atom. The van der Waals surface area contributed by atoms with Crippen molar-refractivity contribution < 1.29 is 14.4 Å². The van der Waals surface area contributed by atoms with E-state index in [2.05, 4.69) is 5.32 Å². The zero-order valence-corrected chi connectivity index (χ0v) is 14.3. The molecule has 0 unspecified atom stereocenters. The van der Waals surface area contributed by atoms with Gasteiger partial charge in [0.2, 0.25) is 5.91 Å². The SMILES string of the molecule is CCC[C@@]1(C)NC(=O)N(CC(=O)N2c3ccccc3C[C@@H]2C)C1=O. The number of anilines is 1. The Kier molecular flexibility index (Phi) is 4.07. The number of hydrogen-bond acceptors (Lipinski definition) is 3. The summed E-state index contributed by atoms with van der Waals surface area (Å²) in [5, 5.41) is 2.72. The molecule has 2 heterocycles. The first-order valence-electron chi connectivity index (χ1n) is 8.41. The van der Waals surface area contributed by atoms with E-state index in [0.29, 0.717) is 6.42 Å². The van der Waals surface area contributed by atoms with Gasteiger partial charge in [0.25, 0.3) is 5.91 Å². The molecule has 0 spiro atoms. The molecule has 0 aliphatic carbocycles. The number of fused-ring (bicyclic) bond motifs is 1. The Morgan fingerprint density at radius 2 is 2.04 bits per heavy atom. The van der Waals surface area contributed by atoms with Gasteiger partial charge in [0.15, 0.2) is 0 Å². The molecule has 1 N–H and O–H groups in total. The highest BCUT2D eigenvalue weighted by Crippen LogP contribution is 2.32. The number of carbonyl (C=O) groups excluding carboxylic acids is 3. The third kappa shape index (κ3) is 2.56. The Hall–Kier alpha value is -2.37. The summed E-state index contributed by atoms with van der Waals surface area (Å²) in [7, 11) is 0. The van der Waals surface area contributed by atoms with Crippen molar-refractivity contribution in [2.75, 3.05) is 11.4 Å². The maximum atomic E-state index is 12.8. The Morgan fingerprint density at radius 3 is 2.75 bits per heavy atom. The molecule has 0 aromatic heterocycles. The number of imide groups is 1. The molecule has 2 aliphatic rings. The van der Waals surface area contributed by atoms with Gasteiger partial charge in [-0.05, 0) is 38.3 Å². The zero-order chi connectivity index (χ0) is 17.5. The van der Waals surface area contributed by atoms with Crippen molar-refractivity contribution in [2.24, 2.45) is 0 Å². The van der Waals surface area contributed by atoms with Crippen molar-refractivity contribution in [3.63, 3.8) is 0 Å². The van der Waals surface area contributed by atoms with E-state index >= 15 is 0 Å². The number of rotatable bonds is 4. The number of nitrogens with zero attached hydrogens (tertiary/aromatic N) is 2. The lowest BCUT2D eigenvalue weighted by Crippen LogP contribution is -2.47. The van der Waals surface area contributed by atoms with E-state index < -0.39 is 11.6 Å². The van der Waals surface area contributed by atoms with Crippen LogP contribution in [-0.4, -0.2) is 40.9 Å². The van der Waals surface area contributed by atoms with Gasteiger partial charge in [-0.1, -0.05) is 31.5 Å². The van der Waals surface area contributed by atoms with Gasteiger partial charge in [-0.15, -0.1) is 0 Å². The van der Waals surface area contributed by atoms with Crippen molar-refractivity contribution in [1.29, 1.82) is 0 Å². The second-order valence-corrected chi connectivity index (χ2v) is 6.85. The zero-order valence-electron chi connectivity index (χ0n) is 14.3. The van der Waals surface area contributed by atoms with Crippen LogP contribution < -0.4 is 10.2 Å². The smallest absolute Gasteiger partial charge is 0.323 e. The van der Waals surface area contributed by atoms with Crippen LogP contribution in [0.4, 0.5) is 10.5 Å². The van der Waals surface area contributed by atoms with Crippen LogP contribution in [0.15, 0.2) is 24.3 Å². The van der Waals surface area contributed by atoms with Crippen LogP contribution in [0.5, 0.6) is 0 Å². The number of para-hydroxylation sites is 1. The Balaban J connectivity index is 1.78. The van der Waals surface area contributed by atoms with Crippen LogP contribution in [0, 0.1) is 0 Å². The molecule has 1 aromatic carbocycles. The first-order valence-corrected chi connectivity index (χ1v) is 8.41. The summed E-state index contributed by atoms with van der Waals surface area (Å²) >= 11 is 0. The van der Waals surface area contributed by atoms with Gasteiger partial charge in [-0.3, -0.25) is 14.5 Å². The molecule has 24 heavy (non-hydrogen) atoms. The van der Waals surface area contributed by atoms with Gasteiger partial charge in [0.05, 0.1) is 0 Å². The predicted molar refractivity (Wildman–Crippen MR) is 90.7 cm³/mol. The molecule has 3 rings (SSSR count). The number of urea groups is 1. The molecule has 1 fully saturated rings. The maximum absolute atomic E-state index is 12.8. The number of hydrogen-bond donors (Lipinski definition) is 1. The summed E-state index contributed by atoms with van der Waals surface area (Å²) in [4.78, 5) is 40.3. The summed E-state index contributed by atoms with van der Waals surface area (Å²) in [5.41, 5.74) is 1.09. The molecule has 1 saturated heterocycles. The molecule has 6 nitrogen and oxygen atoms in total. The topological polar surface area (TPSA) is 69.7 Å². The number of amides is 4. The lowest BCUT2D eigenvalue weighted by molar-refractivity contribution is -0.134. The quantitative estimate of drug-likeness (QED) is 0.860. The standard InChI is InChI=1S/C18H23N3O3/c1-4-9-18(3)16(23)20(17(24)19-18)11-15(22)21-12(2)10-13-7-5-6-8-14(13)21/h5-8,12H,4,9-11H2,1-3H3,(H,19,24)/t12-,18+/m0/s1. The fourth-order valence-electron chi connectivity index (χ4n) is 3.72. The van der Waals surface area contributed by atoms with Crippen molar-refractivity contribution in [1.82, 2.24) is 10.2 Å². The normalized spacial score (nSPS) is 25.9. The lowest BCUT2D eigenvalue weighted by Gasteiger charge is -2.25. The van der Waals surface area contributed by atoms with Crippen LogP contribution in [0.2, 0.25) is 0 Å². The number of nitrogens with one attached hydrogen (secondary N) is 1. The van der Waals surface area contributed by atoms with Crippen molar-refractivity contribution in [3.8, 4) is 0 Å². The van der Waals surface area contributed by atoms with E-state index in [0.717, 1.165) is 29.0 Å². The third-order valence-corrected chi connectivity index (χ3v) is 4.86. The second-order valence-electron chi connectivity index (χ2n) is 6.85. The van der Waals surface area contributed by atoms with E-state index in [1.54, 1.807) is 11.8 Å². The molecule has 0 saturated carbocycles. The van der Waals surface area contributed by atoms with E-state index in [-0.39, 0.29) is 24.4 Å². The molecule has 0 bridgehead atoms. The Bertz CT molecular complexity index is 703. The summed E-state index contributed by atoms with van der Waals surface area (Å²) in [6.07, 6.45) is 2.13. The number of carbonyl (C=O) groups is 3. The molecular formula is C18H23N3O3. The first kappa shape index (κ1) is 16.5. The fraction of sp³-hybridized carbons (Fsp3) is 0.500. The van der Waals surface area contributed by atoms with Crippen LogP contribution in [0.25, 0.3) is 0 Å². The van der Waals surface area contributed by atoms with Crippen molar-refractivity contribution in [2.45, 2.75) is 51.6 Å². The average Bonchev–Trinajstić information content (AvgIpc) is 2.96. The summed E-state index contributed by atoms with van der Waals surface area (Å²) < 4.78 is 0. The number of benzene rings is 1. The third-order valence-electron chi connectivity index (χ3n) is 4.86. The summed E-state index contributed by atoms with van der Waals surface area (Å²) in [6, 6.07) is 7.30. The van der Waals surface area contributed by atoms with Gasteiger partial charge in [-0.2, -0.15) is 0 Å². The molecule has 128 valence electrons. The monoisotopic (exact) mass is 329 g/mol. The van der Waals surface area contributed by atoms with E-state index in [1.165, 1.54) is 0 Å². The predicted octanol–water partition coefficient (Wildman–Crippen LogP) is 2.07. The molecule has 6 heteroatoms. The molecule has 1 aromatic rings. The highest BCUT2D eigenvalue weighted by molar-refractivity contribution is 6.10. The van der Waals surface area contributed by atoms with E-state index in [9.17, 15) is 14.4 Å². The summed E-state index contributed by atoms with van der Waals surface area (Å²) in [5.74, 6) is -0.542. The highest BCUT2D eigenvalue weighted by Gasteiger charge is 2.48. The van der Waals surface area contributed by atoms with Gasteiger partial charge in [-0.25, -0.2) is 4.79 Å². The van der Waals surface area contributed by atoms with Gasteiger partial charge in [0.1, 0.15) is 12.1 Å². The first-order chi connectivity index (χ1) is 11.4. The van der Waals surface area contributed by atoms with Gasteiger partial charge >= 0.3 is 6.03 Å². The highest BCUT2D eigenvalue weighted by atomic mass is 16.2.